The highest BCUT2D eigenvalue weighted by atomic mass is 32.1. The number of fused-ring (bicyclic) bond motifs is 1. The molecule has 1 aromatic carbocycles. The monoisotopic (exact) mass is 312 g/mol. The van der Waals surface area contributed by atoms with Crippen LogP contribution in [0.1, 0.15) is 13.3 Å². The zero-order valence-corrected chi connectivity index (χ0v) is 14.0. The summed E-state index contributed by atoms with van der Waals surface area (Å²) in [4.78, 5) is 7.73. The van der Waals surface area contributed by atoms with Gasteiger partial charge in [0.1, 0.15) is 11.6 Å². The standard InChI is InChI=1S/C18H20N2OS/c1-4-9-21-15-7-5-13-10-16(22-17(13)11-15)14-6-8-18(19-12-14)20(2)3/h5-8,10-12H,4,9H2,1-3H3. The molecule has 0 aliphatic heterocycles. The summed E-state index contributed by atoms with van der Waals surface area (Å²) in [5.41, 5.74) is 1.16. The highest BCUT2D eigenvalue weighted by Gasteiger charge is 2.07. The zero-order valence-electron chi connectivity index (χ0n) is 13.2. The maximum absolute atomic E-state index is 5.71. The Morgan fingerprint density at radius 1 is 1.14 bits per heavy atom. The molecule has 0 saturated heterocycles. The Morgan fingerprint density at radius 3 is 2.68 bits per heavy atom. The van der Waals surface area contributed by atoms with Gasteiger partial charge in [0.2, 0.25) is 0 Å². The smallest absolute Gasteiger partial charge is 0.127 e. The van der Waals surface area contributed by atoms with E-state index in [-0.39, 0.29) is 0 Å². The van der Waals surface area contributed by atoms with Crippen LogP contribution in [0.3, 0.4) is 0 Å². The molecule has 0 atom stereocenters. The second-order valence-electron chi connectivity index (χ2n) is 5.46. The fraction of sp³-hybridized carbons (Fsp3) is 0.278. The second kappa shape index (κ2) is 6.36. The Balaban J connectivity index is 1.90. The van der Waals surface area contributed by atoms with Gasteiger partial charge >= 0.3 is 0 Å². The van der Waals surface area contributed by atoms with Crippen LogP contribution in [0.5, 0.6) is 5.75 Å². The molecule has 0 aliphatic rings. The van der Waals surface area contributed by atoms with Gasteiger partial charge in [-0.25, -0.2) is 4.98 Å². The molecule has 22 heavy (non-hydrogen) atoms. The van der Waals surface area contributed by atoms with E-state index in [2.05, 4.69) is 42.2 Å². The molecule has 4 heteroatoms. The Morgan fingerprint density at radius 2 is 2.00 bits per heavy atom. The van der Waals surface area contributed by atoms with Crippen LogP contribution < -0.4 is 9.64 Å². The fourth-order valence-corrected chi connectivity index (χ4v) is 3.34. The van der Waals surface area contributed by atoms with Gasteiger partial charge in [0, 0.05) is 35.4 Å². The first-order valence-electron chi connectivity index (χ1n) is 7.47. The minimum Gasteiger partial charge on any atom is -0.494 e. The first-order chi connectivity index (χ1) is 10.7. The number of thiophene rings is 1. The number of pyridine rings is 1. The van der Waals surface area contributed by atoms with Crippen molar-refractivity contribution >= 4 is 27.2 Å². The summed E-state index contributed by atoms with van der Waals surface area (Å²) in [5, 5.41) is 1.25. The van der Waals surface area contributed by atoms with Crippen molar-refractivity contribution in [1.29, 1.82) is 0 Å². The number of aromatic nitrogens is 1. The average Bonchev–Trinajstić information content (AvgIpc) is 2.96. The first kappa shape index (κ1) is 14.9. The number of ether oxygens (including phenoxy) is 1. The van der Waals surface area contributed by atoms with Crippen LogP contribution in [-0.4, -0.2) is 25.7 Å². The van der Waals surface area contributed by atoms with Crippen molar-refractivity contribution in [3.05, 3.63) is 42.6 Å². The van der Waals surface area contributed by atoms with Gasteiger partial charge in [-0.05, 0) is 48.2 Å². The number of nitrogens with zero attached hydrogens (tertiary/aromatic N) is 2. The lowest BCUT2D eigenvalue weighted by atomic mass is 10.2. The normalized spacial score (nSPS) is 10.9. The molecule has 3 nitrogen and oxygen atoms in total. The van der Waals surface area contributed by atoms with Crippen molar-refractivity contribution in [1.82, 2.24) is 4.98 Å². The third-order valence-corrected chi connectivity index (χ3v) is 4.60. The van der Waals surface area contributed by atoms with Gasteiger partial charge in [0.05, 0.1) is 6.61 Å². The van der Waals surface area contributed by atoms with Gasteiger partial charge in [-0.3, -0.25) is 0 Å². The molecule has 0 unspecified atom stereocenters. The van der Waals surface area contributed by atoms with Gasteiger partial charge in [0.25, 0.3) is 0 Å². The van der Waals surface area contributed by atoms with Crippen molar-refractivity contribution in [3.63, 3.8) is 0 Å². The highest BCUT2D eigenvalue weighted by Crippen LogP contribution is 2.35. The van der Waals surface area contributed by atoms with Crippen LogP contribution in [-0.2, 0) is 0 Å². The molecule has 2 heterocycles. The third-order valence-electron chi connectivity index (χ3n) is 3.45. The van der Waals surface area contributed by atoms with Crippen molar-refractivity contribution in [2.24, 2.45) is 0 Å². The molecular formula is C18H20N2OS. The van der Waals surface area contributed by atoms with E-state index in [4.69, 9.17) is 4.74 Å². The van der Waals surface area contributed by atoms with E-state index in [1.54, 1.807) is 11.3 Å². The quantitative estimate of drug-likeness (QED) is 0.675. The van der Waals surface area contributed by atoms with Crippen molar-refractivity contribution < 1.29 is 4.74 Å². The van der Waals surface area contributed by atoms with E-state index in [0.717, 1.165) is 30.2 Å². The predicted octanol–water partition coefficient (Wildman–Crippen LogP) is 4.82. The van der Waals surface area contributed by atoms with E-state index in [1.807, 2.05) is 31.3 Å². The summed E-state index contributed by atoms with van der Waals surface area (Å²) < 4.78 is 6.96. The molecule has 114 valence electrons. The van der Waals surface area contributed by atoms with Crippen LogP contribution in [0, 0.1) is 0 Å². The Labute approximate surface area is 135 Å². The maximum Gasteiger partial charge on any atom is 0.127 e. The van der Waals surface area contributed by atoms with Crippen molar-refractivity contribution in [3.8, 4) is 16.2 Å². The molecule has 0 fully saturated rings. The largest absolute Gasteiger partial charge is 0.494 e. The van der Waals surface area contributed by atoms with Crippen LogP contribution in [0.25, 0.3) is 20.5 Å². The lowest BCUT2D eigenvalue weighted by molar-refractivity contribution is 0.318. The van der Waals surface area contributed by atoms with Gasteiger partial charge in [0.15, 0.2) is 0 Å². The summed E-state index contributed by atoms with van der Waals surface area (Å²) in [6.45, 7) is 2.88. The third kappa shape index (κ3) is 3.07. The number of hydrogen-bond acceptors (Lipinski definition) is 4. The van der Waals surface area contributed by atoms with Gasteiger partial charge < -0.3 is 9.64 Å². The topological polar surface area (TPSA) is 25.4 Å². The van der Waals surface area contributed by atoms with E-state index >= 15 is 0 Å². The minimum absolute atomic E-state index is 0.764. The number of benzene rings is 1. The van der Waals surface area contributed by atoms with Crippen LogP contribution in [0.4, 0.5) is 5.82 Å². The Hall–Kier alpha value is -2.07. The molecule has 3 aromatic rings. The van der Waals surface area contributed by atoms with E-state index in [1.165, 1.54) is 15.0 Å². The van der Waals surface area contributed by atoms with Crippen molar-refractivity contribution in [2.75, 3.05) is 25.6 Å². The van der Waals surface area contributed by atoms with E-state index in [0.29, 0.717) is 0 Å². The van der Waals surface area contributed by atoms with Gasteiger partial charge in [-0.1, -0.05) is 6.92 Å². The van der Waals surface area contributed by atoms with E-state index in [9.17, 15) is 0 Å². The fourth-order valence-electron chi connectivity index (χ4n) is 2.26. The summed E-state index contributed by atoms with van der Waals surface area (Å²) >= 11 is 1.78. The second-order valence-corrected chi connectivity index (χ2v) is 6.54. The molecule has 0 radical (unpaired) electrons. The van der Waals surface area contributed by atoms with Gasteiger partial charge in [-0.15, -0.1) is 11.3 Å². The van der Waals surface area contributed by atoms with Gasteiger partial charge in [-0.2, -0.15) is 0 Å². The minimum atomic E-state index is 0.764. The lowest BCUT2D eigenvalue weighted by Crippen LogP contribution is -2.09. The molecule has 0 N–H and O–H groups in total. The summed E-state index contributed by atoms with van der Waals surface area (Å²) in [7, 11) is 4.00. The molecule has 3 rings (SSSR count). The van der Waals surface area contributed by atoms with Crippen LogP contribution in [0.15, 0.2) is 42.6 Å². The number of hydrogen-bond donors (Lipinski definition) is 0. The zero-order chi connectivity index (χ0) is 15.5. The Bertz CT molecular complexity index is 762. The first-order valence-corrected chi connectivity index (χ1v) is 8.29. The maximum atomic E-state index is 5.71. The van der Waals surface area contributed by atoms with Crippen LogP contribution >= 0.6 is 11.3 Å². The van der Waals surface area contributed by atoms with Crippen molar-refractivity contribution in [2.45, 2.75) is 13.3 Å². The SMILES string of the molecule is CCCOc1ccc2cc(-c3ccc(N(C)C)nc3)sc2c1. The average molecular weight is 312 g/mol. The molecule has 0 aliphatic carbocycles. The molecule has 2 aromatic heterocycles. The summed E-state index contributed by atoms with van der Waals surface area (Å²) in [6.07, 6.45) is 2.96. The number of anilines is 1. The molecule has 0 saturated carbocycles. The molecule has 0 spiro atoms. The summed E-state index contributed by atoms with van der Waals surface area (Å²) in [5.74, 6) is 1.92. The molecular weight excluding hydrogens is 292 g/mol. The summed E-state index contributed by atoms with van der Waals surface area (Å²) in [6, 6.07) is 12.7. The molecule has 0 bridgehead atoms. The lowest BCUT2D eigenvalue weighted by Gasteiger charge is -2.10. The molecule has 0 amide bonds. The van der Waals surface area contributed by atoms with Crippen LogP contribution in [0.2, 0.25) is 0 Å². The van der Waals surface area contributed by atoms with E-state index < -0.39 is 0 Å². The Kier molecular flexibility index (Phi) is 4.29. The number of rotatable bonds is 5. The predicted molar refractivity (Wildman–Crippen MR) is 95.2 cm³/mol. The highest BCUT2D eigenvalue weighted by molar-refractivity contribution is 7.22.